The predicted octanol–water partition coefficient (Wildman–Crippen LogP) is -21.5. The largest absolute Gasteiger partial charge is 1.00 e. The summed E-state index contributed by atoms with van der Waals surface area (Å²) >= 11 is 0. The van der Waals surface area contributed by atoms with Crippen LogP contribution in [0, 0.1) is 25.7 Å². The smallest absolute Gasteiger partial charge is 0.726 e. The van der Waals surface area contributed by atoms with Crippen LogP contribution in [0.25, 0.3) is 11.5 Å². The minimum atomic E-state index is -4.92. The number of aliphatic hydroxyl groups excluding tert-OH is 6. The summed E-state index contributed by atoms with van der Waals surface area (Å²) in [4.78, 5) is 67.7. The Balaban J connectivity index is 0. The average molecular weight is 1410 g/mol. The van der Waals surface area contributed by atoms with E-state index in [0.717, 1.165) is 0 Å². The third-order valence-electron chi connectivity index (χ3n) is 13.7. The van der Waals surface area contributed by atoms with Crippen molar-refractivity contribution in [2.45, 2.75) is 149 Å². The van der Waals surface area contributed by atoms with Gasteiger partial charge in [-0.2, -0.15) is 0 Å². The number of hydrogen-bond acceptors (Lipinski definition) is 29. The maximum absolute atomic E-state index is 13.7. The fourth-order valence-electron chi connectivity index (χ4n) is 9.33. The third kappa shape index (κ3) is 30.6. The summed E-state index contributed by atoms with van der Waals surface area (Å²) < 4.78 is 116. The van der Waals surface area contributed by atoms with Gasteiger partial charge in [-0.05, 0) is 31.5 Å². The first kappa shape index (κ1) is 94.3. The maximum Gasteiger partial charge on any atom is 1.00 e. The van der Waals surface area contributed by atoms with Crippen molar-refractivity contribution >= 4 is 50.4 Å². The SMILES string of the molecule is C=C[C@@H]1O[C@H](C=C)[C@@H]2C(=O)N(CCCCCN(Cc3cn(CCOCCO[C@@H]4OC(C(=O)[O-])[C@@H](O[C@H]5OC([CH2-])[C@@H](O)[C@H](O)C5[NH-])[C@H](O)C4O)nn3)C(=O)CCC(=O)NCCOCCO[C@H]3OC([CH2-])[C@@H](O)[C@H](O)C3[NH-])C(=O)[C@@H]21.O=S(=O)([O-])O.O=S(=O)([O-])O.[Na+].[Na+].[Na+].[Na+].[Na+]. The van der Waals surface area contributed by atoms with Gasteiger partial charge >= 0.3 is 148 Å². The van der Waals surface area contributed by atoms with Crippen LogP contribution in [0.5, 0.6) is 0 Å². The zero-order chi connectivity index (χ0) is 65.1. The number of likely N-dealkylation sites (tertiary alicyclic amines) is 1. The van der Waals surface area contributed by atoms with E-state index in [4.69, 9.17) is 89.1 Å². The number of aliphatic hydroxyl groups is 6. The van der Waals surface area contributed by atoms with Crippen molar-refractivity contribution in [2.24, 2.45) is 11.8 Å². The van der Waals surface area contributed by atoms with Gasteiger partial charge in [0, 0.05) is 32.5 Å². The van der Waals surface area contributed by atoms with E-state index in [2.05, 4.69) is 42.6 Å². The molecule has 6 rings (SSSR count). The number of imide groups is 1. The second kappa shape index (κ2) is 45.9. The molecular formula is C48H73N8Na5O29S2-2. The second-order valence-electron chi connectivity index (χ2n) is 19.9. The Labute approximate surface area is 641 Å². The number of carbonyl (C=O) groups excluding carboxylic acids is 5. The Hall–Kier alpha value is 0.230. The number of unbranched alkanes of at least 4 members (excludes halogenated alkanes) is 2. The van der Waals surface area contributed by atoms with Gasteiger partial charge in [0.05, 0.1) is 113 Å². The Morgan fingerprint density at radius 3 is 1.71 bits per heavy atom. The summed E-state index contributed by atoms with van der Waals surface area (Å²) in [5.74, 6) is -4.58. The molecule has 6 heterocycles. The molecule has 19 atom stereocenters. The van der Waals surface area contributed by atoms with E-state index in [0.29, 0.717) is 25.0 Å². The third-order valence-corrected chi connectivity index (χ3v) is 13.7. The Morgan fingerprint density at radius 2 is 1.18 bits per heavy atom. The number of nitrogens with one attached hydrogen (secondary N) is 3. The molecule has 0 aliphatic carbocycles. The zero-order valence-corrected chi connectivity index (χ0v) is 63.2. The van der Waals surface area contributed by atoms with Crippen molar-refractivity contribution in [2.75, 3.05) is 59.3 Å². The monoisotopic (exact) mass is 1400 g/mol. The number of aromatic nitrogens is 3. The molecule has 44 heteroatoms. The molecule has 0 bridgehead atoms. The van der Waals surface area contributed by atoms with E-state index < -0.39 is 149 Å². The van der Waals surface area contributed by atoms with Gasteiger partial charge in [0.1, 0.15) is 42.7 Å². The van der Waals surface area contributed by atoms with Gasteiger partial charge in [0.25, 0.3) is 0 Å². The number of rotatable bonds is 30. The number of aliphatic carboxylic acids is 1. The number of nitrogens with zero attached hydrogens (tertiary/aromatic N) is 5. The molecule has 498 valence electrons. The zero-order valence-electron chi connectivity index (χ0n) is 51.5. The number of carbonyl (C=O) groups is 5. The standard InChI is InChI=1S/C48H72N8O21.5Na.2H2O4S/c1-5-27-31-32(28(6-2)75-27)44(66)56(43(31)65)14-9-7-8-13-54(30(58)11-10-29(57)51-12-16-69-18-20-71-46-33(49)37(61)35(59)24(3)73-46)22-26-23-55(53-52-26)15-17-70-19-21-72-48-40(64)39(63)41(42(77-48)45(67)68)76-47-34(50)38(62)36(60)25(4)74-47;;;;;;2*1-5(2,3)4/h5-6,23-25,27-28,31-42,46-50,59-64H,1-4,7-22H2,(H,51,57)(H,67,68);;;;;;2*(H2,1,2,3,4)/q-4;5*+1;;/p-3/t24?,25?,27-,28+,31+,32-,33?,34?,35-,36-,37-,38-,39-,40?,41+,42?,46+,47-,48-;;;;;;;/m1......./s1. The molecule has 1 aromatic rings. The molecule has 5 aliphatic heterocycles. The summed E-state index contributed by atoms with van der Waals surface area (Å²) in [5, 5.41) is 84.3. The molecule has 0 radical (unpaired) electrons. The van der Waals surface area contributed by atoms with E-state index in [1.54, 1.807) is 6.20 Å². The van der Waals surface area contributed by atoms with E-state index in [1.807, 2.05) is 0 Å². The molecule has 4 amide bonds. The molecule has 5 saturated heterocycles. The number of carboxylic acids is 1. The van der Waals surface area contributed by atoms with E-state index in [9.17, 15) is 59.7 Å². The van der Waals surface area contributed by atoms with Crippen LogP contribution in [0.2, 0.25) is 0 Å². The summed E-state index contributed by atoms with van der Waals surface area (Å²) in [6.07, 6.45) is -15.6. The van der Waals surface area contributed by atoms with E-state index >= 15 is 0 Å². The topological polar surface area (TPSA) is 565 Å². The molecule has 0 spiro atoms. The molecule has 1 aromatic heterocycles. The van der Waals surface area contributed by atoms with Crippen LogP contribution in [-0.4, -0.2) is 284 Å². The van der Waals surface area contributed by atoms with Gasteiger partial charge in [-0.3, -0.25) is 33.2 Å². The van der Waals surface area contributed by atoms with Crippen molar-refractivity contribution in [3.8, 4) is 0 Å². The molecule has 92 heavy (non-hydrogen) atoms. The molecule has 11 N–H and O–H groups in total. The average Bonchev–Trinajstić information content (AvgIpc) is 1.57. The van der Waals surface area contributed by atoms with E-state index in [1.165, 1.54) is 26.6 Å². The molecule has 0 aromatic carbocycles. The minimum Gasteiger partial charge on any atom is -0.726 e. The number of ether oxygens (including phenoxy) is 9. The molecule has 0 saturated carbocycles. The summed E-state index contributed by atoms with van der Waals surface area (Å²) in [6, 6.07) is -2.87. The number of amides is 4. The minimum absolute atomic E-state index is 0. The van der Waals surface area contributed by atoms with Crippen LogP contribution in [0.1, 0.15) is 37.8 Å². The van der Waals surface area contributed by atoms with Gasteiger partial charge in [-0.15, -0.1) is 18.3 Å². The maximum atomic E-state index is 13.7. The fourth-order valence-corrected chi connectivity index (χ4v) is 9.33. The van der Waals surface area contributed by atoms with Gasteiger partial charge < -0.3 is 128 Å². The number of fused-ring (bicyclic) bond motifs is 1. The number of hydrogen-bond donors (Lipinski definition) is 9. The van der Waals surface area contributed by atoms with Crippen molar-refractivity contribution in [1.29, 1.82) is 0 Å². The quantitative estimate of drug-likeness (QED) is 0.00657. The first-order valence-corrected chi connectivity index (χ1v) is 29.4. The summed E-state index contributed by atoms with van der Waals surface area (Å²) in [7, 11) is -9.83. The van der Waals surface area contributed by atoms with Crippen LogP contribution in [0.4, 0.5) is 0 Å². The summed E-state index contributed by atoms with van der Waals surface area (Å²) in [6.45, 7) is 15.2. The van der Waals surface area contributed by atoms with Gasteiger partial charge in [-0.25, -0.2) is 21.5 Å². The van der Waals surface area contributed by atoms with Crippen molar-refractivity contribution < 1.29 is 285 Å². The van der Waals surface area contributed by atoms with E-state index in [-0.39, 0.29) is 251 Å². The Bertz CT molecular complexity index is 2580. The van der Waals surface area contributed by atoms with Crippen molar-refractivity contribution in [1.82, 2.24) is 30.1 Å². The molecule has 6 unspecified atom stereocenters. The predicted molar refractivity (Wildman–Crippen MR) is 281 cm³/mol. The van der Waals surface area contributed by atoms with Crippen LogP contribution < -0.4 is 158 Å². The second-order valence-corrected chi connectivity index (χ2v) is 21.6. The molecular weight excluding hydrogens is 1330 g/mol. The van der Waals surface area contributed by atoms with Crippen LogP contribution in [0.15, 0.2) is 31.5 Å². The Morgan fingerprint density at radius 1 is 0.685 bits per heavy atom. The van der Waals surface area contributed by atoms with Gasteiger partial charge in [-0.1, -0.05) is 29.4 Å². The first-order valence-electron chi connectivity index (χ1n) is 26.7. The van der Waals surface area contributed by atoms with Crippen LogP contribution in [0.3, 0.4) is 0 Å². The number of carboxylic acid groups (broad SMARTS) is 1. The Kier molecular flexibility index (Phi) is 47.0. The van der Waals surface area contributed by atoms with Gasteiger partial charge in [0.2, 0.25) is 44.4 Å². The molecule has 37 nitrogen and oxygen atoms in total. The fraction of sp³-hybridized carbons (Fsp3) is 0.729. The van der Waals surface area contributed by atoms with Crippen molar-refractivity contribution in [3.63, 3.8) is 0 Å². The summed E-state index contributed by atoms with van der Waals surface area (Å²) in [5.41, 5.74) is 16.5. The normalized spacial score (nSPS) is 30.7. The van der Waals surface area contributed by atoms with Crippen molar-refractivity contribution in [3.05, 3.63) is 62.5 Å². The molecule has 5 aliphatic rings. The van der Waals surface area contributed by atoms with Gasteiger partial charge in [0.15, 0.2) is 6.29 Å². The first-order chi connectivity index (χ1) is 40.8. The van der Waals surface area contributed by atoms with Crippen LogP contribution in [-0.2, 0) is 100 Å². The molecule has 5 fully saturated rings. The van der Waals surface area contributed by atoms with Crippen LogP contribution >= 0.6 is 0 Å².